The van der Waals surface area contributed by atoms with Crippen molar-refractivity contribution < 1.29 is 9.90 Å². The van der Waals surface area contributed by atoms with E-state index in [1.54, 1.807) is 0 Å². The summed E-state index contributed by atoms with van der Waals surface area (Å²) in [5.41, 5.74) is 4.99. The standard InChI is InChI=1S/C13H27NO2/c1-10(2)6-5-7-13(9-14,12(15)16)8-11(3)4/h10-11H,5-9,14H2,1-4H3,(H,15,16). The Morgan fingerprint density at radius 2 is 1.81 bits per heavy atom. The van der Waals surface area contributed by atoms with Gasteiger partial charge in [-0.2, -0.15) is 0 Å². The maximum Gasteiger partial charge on any atom is 0.310 e. The maximum atomic E-state index is 11.4. The van der Waals surface area contributed by atoms with Crippen molar-refractivity contribution >= 4 is 5.97 Å². The van der Waals surface area contributed by atoms with Gasteiger partial charge in [-0.1, -0.05) is 40.5 Å². The second-order valence-electron chi connectivity index (χ2n) is 5.67. The first-order chi connectivity index (χ1) is 7.34. The predicted octanol–water partition coefficient (Wildman–Crippen LogP) is 2.89. The van der Waals surface area contributed by atoms with E-state index < -0.39 is 11.4 Å². The molecular weight excluding hydrogens is 202 g/mol. The van der Waals surface area contributed by atoms with Crippen molar-refractivity contribution in [2.75, 3.05) is 6.54 Å². The van der Waals surface area contributed by atoms with Gasteiger partial charge in [0.2, 0.25) is 0 Å². The maximum absolute atomic E-state index is 11.4. The van der Waals surface area contributed by atoms with E-state index in [2.05, 4.69) is 27.7 Å². The predicted molar refractivity (Wildman–Crippen MR) is 67.3 cm³/mol. The van der Waals surface area contributed by atoms with Gasteiger partial charge in [0, 0.05) is 6.54 Å². The summed E-state index contributed by atoms with van der Waals surface area (Å²) >= 11 is 0. The summed E-state index contributed by atoms with van der Waals surface area (Å²) in [6.07, 6.45) is 3.41. The molecule has 0 spiro atoms. The van der Waals surface area contributed by atoms with Crippen LogP contribution in [-0.4, -0.2) is 17.6 Å². The van der Waals surface area contributed by atoms with Gasteiger partial charge in [-0.25, -0.2) is 0 Å². The molecule has 0 aliphatic rings. The van der Waals surface area contributed by atoms with E-state index in [1.165, 1.54) is 0 Å². The zero-order valence-electron chi connectivity index (χ0n) is 11.1. The third-order valence-corrected chi connectivity index (χ3v) is 3.08. The normalized spacial score (nSPS) is 15.4. The van der Waals surface area contributed by atoms with Crippen molar-refractivity contribution in [3.63, 3.8) is 0 Å². The monoisotopic (exact) mass is 229 g/mol. The van der Waals surface area contributed by atoms with Gasteiger partial charge in [0.15, 0.2) is 0 Å². The van der Waals surface area contributed by atoms with Gasteiger partial charge >= 0.3 is 5.97 Å². The average molecular weight is 229 g/mol. The van der Waals surface area contributed by atoms with E-state index in [0.717, 1.165) is 12.8 Å². The molecule has 0 fully saturated rings. The quantitative estimate of drug-likeness (QED) is 0.672. The number of carbonyl (C=O) groups is 1. The Labute approximate surface area is 99.4 Å². The van der Waals surface area contributed by atoms with E-state index >= 15 is 0 Å². The molecule has 0 saturated carbocycles. The number of hydrogen-bond donors (Lipinski definition) is 2. The average Bonchev–Trinajstić information content (AvgIpc) is 2.14. The number of carboxylic acid groups (broad SMARTS) is 1. The van der Waals surface area contributed by atoms with Crippen LogP contribution in [0.2, 0.25) is 0 Å². The third-order valence-electron chi connectivity index (χ3n) is 3.08. The number of rotatable bonds is 8. The number of nitrogens with two attached hydrogens (primary N) is 1. The topological polar surface area (TPSA) is 63.3 Å². The summed E-state index contributed by atoms with van der Waals surface area (Å²) < 4.78 is 0. The fourth-order valence-corrected chi connectivity index (χ4v) is 2.20. The van der Waals surface area contributed by atoms with Crippen molar-refractivity contribution in [3.8, 4) is 0 Å². The Morgan fingerprint density at radius 3 is 2.12 bits per heavy atom. The van der Waals surface area contributed by atoms with Crippen LogP contribution in [0.5, 0.6) is 0 Å². The van der Waals surface area contributed by atoms with Gasteiger partial charge < -0.3 is 10.8 Å². The molecule has 0 aliphatic carbocycles. The summed E-state index contributed by atoms with van der Waals surface area (Å²) in [5, 5.41) is 9.36. The zero-order valence-corrected chi connectivity index (χ0v) is 11.1. The van der Waals surface area contributed by atoms with E-state index in [9.17, 15) is 9.90 Å². The van der Waals surface area contributed by atoms with E-state index in [-0.39, 0.29) is 6.54 Å². The Kier molecular flexibility index (Phi) is 6.65. The first kappa shape index (κ1) is 15.4. The lowest BCUT2D eigenvalue weighted by atomic mass is 9.76. The van der Waals surface area contributed by atoms with Crippen molar-refractivity contribution in [2.24, 2.45) is 23.0 Å². The summed E-state index contributed by atoms with van der Waals surface area (Å²) in [5.74, 6) is 0.273. The molecule has 3 heteroatoms. The number of carboxylic acids is 1. The second-order valence-corrected chi connectivity index (χ2v) is 5.67. The minimum absolute atomic E-state index is 0.249. The first-order valence-electron chi connectivity index (χ1n) is 6.27. The molecule has 3 N–H and O–H groups in total. The number of aliphatic carboxylic acids is 1. The van der Waals surface area contributed by atoms with Crippen LogP contribution in [0.3, 0.4) is 0 Å². The molecule has 16 heavy (non-hydrogen) atoms. The molecule has 0 heterocycles. The fourth-order valence-electron chi connectivity index (χ4n) is 2.20. The SMILES string of the molecule is CC(C)CCCC(CN)(CC(C)C)C(=O)O. The van der Waals surface area contributed by atoms with Gasteiger partial charge in [0.25, 0.3) is 0 Å². The smallest absolute Gasteiger partial charge is 0.310 e. The van der Waals surface area contributed by atoms with Crippen molar-refractivity contribution in [1.29, 1.82) is 0 Å². The highest BCUT2D eigenvalue weighted by atomic mass is 16.4. The Balaban J connectivity index is 4.45. The first-order valence-corrected chi connectivity index (χ1v) is 6.27. The summed E-state index contributed by atoms with van der Waals surface area (Å²) in [6, 6.07) is 0. The van der Waals surface area contributed by atoms with Crippen LogP contribution >= 0.6 is 0 Å². The molecule has 0 aromatic carbocycles. The summed E-state index contributed by atoms with van der Waals surface area (Å²) in [7, 11) is 0. The molecule has 1 unspecified atom stereocenters. The lowest BCUT2D eigenvalue weighted by Crippen LogP contribution is -2.39. The molecule has 0 aliphatic heterocycles. The fraction of sp³-hybridized carbons (Fsp3) is 0.923. The lowest BCUT2D eigenvalue weighted by molar-refractivity contribution is -0.150. The van der Waals surface area contributed by atoms with Crippen molar-refractivity contribution in [1.82, 2.24) is 0 Å². The summed E-state index contributed by atoms with van der Waals surface area (Å²) in [4.78, 5) is 11.4. The molecule has 0 bridgehead atoms. The van der Waals surface area contributed by atoms with Crippen LogP contribution in [0, 0.1) is 17.3 Å². The van der Waals surface area contributed by atoms with Gasteiger partial charge in [-0.05, 0) is 24.7 Å². The molecule has 0 amide bonds. The Hall–Kier alpha value is -0.570. The molecule has 0 aromatic rings. The molecule has 3 nitrogen and oxygen atoms in total. The van der Waals surface area contributed by atoms with Gasteiger partial charge in [-0.3, -0.25) is 4.79 Å². The second kappa shape index (κ2) is 6.89. The van der Waals surface area contributed by atoms with Crippen LogP contribution in [-0.2, 0) is 4.79 Å². The van der Waals surface area contributed by atoms with Crippen LogP contribution in [0.1, 0.15) is 53.4 Å². The highest BCUT2D eigenvalue weighted by Crippen LogP contribution is 2.32. The van der Waals surface area contributed by atoms with Crippen molar-refractivity contribution in [2.45, 2.75) is 53.4 Å². The Morgan fingerprint density at radius 1 is 1.25 bits per heavy atom. The largest absolute Gasteiger partial charge is 0.481 e. The van der Waals surface area contributed by atoms with Crippen LogP contribution in [0.25, 0.3) is 0 Å². The van der Waals surface area contributed by atoms with Crippen LogP contribution < -0.4 is 5.73 Å². The lowest BCUT2D eigenvalue weighted by Gasteiger charge is -2.30. The molecule has 0 radical (unpaired) electrons. The van der Waals surface area contributed by atoms with Crippen LogP contribution in [0.15, 0.2) is 0 Å². The van der Waals surface area contributed by atoms with E-state index in [1.807, 2.05) is 0 Å². The molecular formula is C13H27NO2. The Bertz CT molecular complexity index is 214. The minimum Gasteiger partial charge on any atom is -0.481 e. The summed E-state index contributed by atoms with van der Waals surface area (Å²) in [6.45, 7) is 8.67. The highest BCUT2D eigenvalue weighted by Gasteiger charge is 2.37. The van der Waals surface area contributed by atoms with E-state index in [4.69, 9.17) is 5.73 Å². The van der Waals surface area contributed by atoms with Crippen molar-refractivity contribution in [3.05, 3.63) is 0 Å². The van der Waals surface area contributed by atoms with Crippen LogP contribution in [0.4, 0.5) is 0 Å². The van der Waals surface area contributed by atoms with Gasteiger partial charge in [-0.15, -0.1) is 0 Å². The molecule has 0 rings (SSSR count). The molecule has 0 saturated heterocycles. The van der Waals surface area contributed by atoms with E-state index in [0.29, 0.717) is 24.7 Å². The minimum atomic E-state index is -0.729. The third kappa shape index (κ3) is 4.97. The molecule has 96 valence electrons. The van der Waals surface area contributed by atoms with Gasteiger partial charge in [0.1, 0.15) is 0 Å². The highest BCUT2D eigenvalue weighted by molar-refractivity contribution is 5.74. The van der Waals surface area contributed by atoms with Gasteiger partial charge in [0.05, 0.1) is 5.41 Å². The zero-order chi connectivity index (χ0) is 12.8. The molecule has 1 atom stereocenters. The number of hydrogen-bond acceptors (Lipinski definition) is 2. The molecule has 0 aromatic heterocycles.